The summed E-state index contributed by atoms with van der Waals surface area (Å²) in [6, 6.07) is 17.2. The van der Waals surface area contributed by atoms with E-state index in [0.717, 1.165) is 11.1 Å². The van der Waals surface area contributed by atoms with E-state index in [0.29, 0.717) is 31.7 Å². The fraction of sp³-hybridized carbons (Fsp3) is 0.208. The van der Waals surface area contributed by atoms with Crippen LogP contribution in [0.4, 0.5) is 0 Å². The highest BCUT2D eigenvalue weighted by molar-refractivity contribution is 5.97. The SMILES string of the molecule is O=C(NCC(=O)N1CCN(C(=O)c2cnccn2)CC1)c1ccc(-c2ccccc2)cc1. The summed E-state index contributed by atoms with van der Waals surface area (Å²) in [5.41, 5.74) is 2.88. The van der Waals surface area contributed by atoms with Crippen molar-refractivity contribution in [1.29, 1.82) is 0 Å². The quantitative estimate of drug-likeness (QED) is 0.668. The second-order valence-corrected chi connectivity index (χ2v) is 7.39. The molecule has 3 amide bonds. The maximum Gasteiger partial charge on any atom is 0.274 e. The zero-order valence-electron chi connectivity index (χ0n) is 17.5. The van der Waals surface area contributed by atoms with Gasteiger partial charge in [0.05, 0.1) is 12.7 Å². The molecule has 1 saturated heterocycles. The van der Waals surface area contributed by atoms with Crippen LogP contribution in [0, 0.1) is 0 Å². The highest BCUT2D eigenvalue weighted by atomic mass is 16.2. The average Bonchev–Trinajstić information content (AvgIpc) is 2.88. The summed E-state index contributed by atoms with van der Waals surface area (Å²) in [6.45, 7) is 1.56. The highest BCUT2D eigenvalue weighted by Crippen LogP contribution is 2.19. The molecular weight excluding hydrogens is 406 g/mol. The molecule has 1 aromatic heterocycles. The number of hydrogen-bond acceptors (Lipinski definition) is 5. The van der Waals surface area contributed by atoms with Crippen LogP contribution in [0.1, 0.15) is 20.8 Å². The number of benzene rings is 2. The Morgan fingerprint density at radius 3 is 2.12 bits per heavy atom. The average molecular weight is 429 g/mol. The molecule has 2 heterocycles. The molecule has 0 radical (unpaired) electrons. The van der Waals surface area contributed by atoms with Crippen molar-refractivity contribution in [2.24, 2.45) is 0 Å². The molecular formula is C24H23N5O3. The van der Waals surface area contributed by atoms with Gasteiger partial charge in [0.25, 0.3) is 11.8 Å². The molecule has 3 aromatic rings. The molecule has 0 spiro atoms. The van der Waals surface area contributed by atoms with Crippen molar-refractivity contribution >= 4 is 17.7 Å². The van der Waals surface area contributed by atoms with Crippen LogP contribution in [0.25, 0.3) is 11.1 Å². The van der Waals surface area contributed by atoms with Gasteiger partial charge in [-0.1, -0.05) is 42.5 Å². The fourth-order valence-corrected chi connectivity index (χ4v) is 3.54. The van der Waals surface area contributed by atoms with Gasteiger partial charge in [-0.05, 0) is 23.3 Å². The van der Waals surface area contributed by atoms with Crippen molar-refractivity contribution in [3.8, 4) is 11.1 Å². The number of nitrogens with zero attached hydrogens (tertiary/aromatic N) is 4. The Labute approximate surface area is 185 Å². The molecule has 2 aromatic carbocycles. The molecule has 162 valence electrons. The van der Waals surface area contributed by atoms with Crippen molar-refractivity contribution in [2.75, 3.05) is 32.7 Å². The molecule has 1 N–H and O–H groups in total. The summed E-state index contributed by atoms with van der Waals surface area (Å²) in [4.78, 5) is 48.6. The number of piperazine rings is 1. The molecule has 1 fully saturated rings. The Kier molecular flexibility index (Phi) is 6.50. The van der Waals surface area contributed by atoms with Crippen LogP contribution in [0.3, 0.4) is 0 Å². The molecule has 32 heavy (non-hydrogen) atoms. The lowest BCUT2D eigenvalue weighted by atomic mass is 10.0. The summed E-state index contributed by atoms with van der Waals surface area (Å²) >= 11 is 0. The van der Waals surface area contributed by atoms with E-state index in [2.05, 4.69) is 15.3 Å². The smallest absolute Gasteiger partial charge is 0.274 e. The van der Waals surface area contributed by atoms with Crippen molar-refractivity contribution in [3.05, 3.63) is 84.4 Å². The van der Waals surface area contributed by atoms with E-state index in [1.165, 1.54) is 18.6 Å². The first-order valence-electron chi connectivity index (χ1n) is 10.4. The Balaban J connectivity index is 1.25. The van der Waals surface area contributed by atoms with E-state index < -0.39 is 0 Å². The first-order valence-corrected chi connectivity index (χ1v) is 10.4. The van der Waals surface area contributed by atoms with Crippen molar-refractivity contribution in [1.82, 2.24) is 25.1 Å². The van der Waals surface area contributed by atoms with Crippen LogP contribution in [0.15, 0.2) is 73.2 Å². The lowest BCUT2D eigenvalue weighted by molar-refractivity contribution is -0.131. The van der Waals surface area contributed by atoms with E-state index in [1.807, 2.05) is 42.5 Å². The third-order valence-electron chi connectivity index (χ3n) is 5.36. The number of carbonyl (C=O) groups is 3. The number of amides is 3. The van der Waals surface area contributed by atoms with Crippen LogP contribution in [-0.2, 0) is 4.79 Å². The largest absolute Gasteiger partial charge is 0.343 e. The summed E-state index contributed by atoms with van der Waals surface area (Å²) in [5, 5.41) is 2.69. The lowest BCUT2D eigenvalue weighted by Crippen LogP contribution is -2.52. The highest BCUT2D eigenvalue weighted by Gasteiger charge is 2.25. The molecule has 4 rings (SSSR count). The van der Waals surface area contributed by atoms with E-state index in [-0.39, 0.29) is 30.0 Å². The number of carbonyl (C=O) groups excluding carboxylic acids is 3. The van der Waals surface area contributed by atoms with Gasteiger partial charge >= 0.3 is 0 Å². The normalized spacial score (nSPS) is 13.5. The lowest BCUT2D eigenvalue weighted by Gasteiger charge is -2.34. The molecule has 0 saturated carbocycles. The minimum Gasteiger partial charge on any atom is -0.343 e. The van der Waals surface area contributed by atoms with Gasteiger partial charge in [0, 0.05) is 44.1 Å². The van der Waals surface area contributed by atoms with Crippen LogP contribution >= 0.6 is 0 Å². The van der Waals surface area contributed by atoms with E-state index in [4.69, 9.17) is 0 Å². The third kappa shape index (κ3) is 4.97. The Morgan fingerprint density at radius 1 is 0.812 bits per heavy atom. The van der Waals surface area contributed by atoms with Crippen LogP contribution in [0.2, 0.25) is 0 Å². The van der Waals surface area contributed by atoms with Crippen molar-refractivity contribution in [3.63, 3.8) is 0 Å². The second kappa shape index (κ2) is 9.82. The van der Waals surface area contributed by atoms with Crippen LogP contribution in [-0.4, -0.2) is 70.2 Å². The third-order valence-corrected chi connectivity index (χ3v) is 5.36. The maximum absolute atomic E-state index is 12.5. The van der Waals surface area contributed by atoms with Gasteiger partial charge in [-0.15, -0.1) is 0 Å². The van der Waals surface area contributed by atoms with Gasteiger partial charge in [0.15, 0.2) is 0 Å². The predicted octanol–water partition coefficient (Wildman–Crippen LogP) is 1.86. The van der Waals surface area contributed by atoms with E-state index >= 15 is 0 Å². The molecule has 8 nitrogen and oxygen atoms in total. The minimum absolute atomic E-state index is 0.0859. The van der Waals surface area contributed by atoms with Gasteiger partial charge in [-0.25, -0.2) is 4.98 Å². The maximum atomic E-state index is 12.5. The molecule has 1 aliphatic rings. The van der Waals surface area contributed by atoms with Crippen molar-refractivity contribution < 1.29 is 14.4 Å². The molecule has 0 bridgehead atoms. The number of hydrogen-bond donors (Lipinski definition) is 1. The molecule has 0 aliphatic carbocycles. The number of rotatable bonds is 5. The first-order chi connectivity index (χ1) is 15.6. The van der Waals surface area contributed by atoms with Gasteiger partial charge in [0.2, 0.25) is 5.91 Å². The van der Waals surface area contributed by atoms with Crippen molar-refractivity contribution in [2.45, 2.75) is 0 Å². The summed E-state index contributed by atoms with van der Waals surface area (Å²) in [5.74, 6) is -0.669. The summed E-state index contributed by atoms with van der Waals surface area (Å²) in [7, 11) is 0. The molecule has 1 aliphatic heterocycles. The van der Waals surface area contributed by atoms with Gasteiger partial charge in [-0.2, -0.15) is 0 Å². The zero-order valence-corrected chi connectivity index (χ0v) is 17.5. The van der Waals surface area contributed by atoms with E-state index in [1.54, 1.807) is 21.9 Å². The zero-order chi connectivity index (χ0) is 22.3. The standard InChI is InChI=1S/C24H23N5O3/c30-22(28-12-14-29(15-13-28)24(32)21-16-25-10-11-26-21)17-27-23(31)20-8-6-19(7-9-20)18-4-2-1-3-5-18/h1-11,16H,12-15,17H2,(H,27,31). The summed E-state index contributed by atoms with van der Waals surface area (Å²) in [6.07, 6.45) is 4.42. The Bertz CT molecular complexity index is 1080. The number of aromatic nitrogens is 2. The van der Waals surface area contributed by atoms with E-state index in [9.17, 15) is 14.4 Å². The predicted molar refractivity (Wildman–Crippen MR) is 119 cm³/mol. The van der Waals surface area contributed by atoms with Crippen LogP contribution < -0.4 is 5.32 Å². The topological polar surface area (TPSA) is 95.5 Å². The van der Waals surface area contributed by atoms with Gasteiger partial charge in [-0.3, -0.25) is 19.4 Å². The molecule has 0 unspecified atom stereocenters. The Hall–Kier alpha value is -4.07. The second-order valence-electron chi connectivity index (χ2n) is 7.39. The number of nitrogens with one attached hydrogen (secondary N) is 1. The van der Waals surface area contributed by atoms with Gasteiger partial charge in [0.1, 0.15) is 5.69 Å². The monoisotopic (exact) mass is 429 g/mol. The van der Waals surface area contributed by atoms with Crippen LogP contribution in [0.5, 0.6) is 0 Å². The fourth-order valence-electron chi connectivity index (χ4n) is 3.54. The minimum atomic E-state index is -0.297. The molecule has 8 heteroatoms. The molecule has 0 atom stereocenters. The van der Waals surface area contributed by atoms with Gasteiger partial charge < -0.3 is 15.1 Å². The Morgan fingerprint density at radius 2 is 1.47 bits per heavy atom. The first kappa shape index (κ1) is 21.2. The summed E-state index contributed by atoms with van der Waals surface area (Å²) < 4.78 is 0.